The number of halogens is 1. The van der Waals surface area contributed by atoms with Crippen molar-refractivity contribution < 1.29 is 18.4 Å². The summed E-state index contributed by atoms with van der Waals surface area (Å²) in [6.45, 7) is 1.80. The van der Waals surface area contributed by atoms with E-state index in [1.54, 1.807) is 36.1 Å². The molecule has 1 aliphatic heterocycles. The van der Waals surface area contributed by atoms with E-state index in [1.807, 2.05) is 0 Å². The van der Waals surface area contributed by atoms with Crippen molar-refractivity contribution >= 4 is 45.6 Å². The number of furan rings is 1. The van der Waals surface area contributed by atoms with E-state index >= 15 is 0 Å². The monoisotopic (exact) mass is 536 g/mol. The molecule has 0 spiro atoms. The minimum absolute atomic E-state index is 0.00984. The smallest absolute Gasteiger partial charge is 0.234 e. The Morgan fingerprint density at radius 3 is 2.86 bits per heavy atom. The Labute approximate surface area is 219 Å². The molecule has 3 aromatic rings. The average Bonchev–Trinajstić information content (AvgIpc) is 3.52. The number of hydrogen-bond donors (Lipinski definition) is 2. The lowest BCUT2D eigenvalue weighted by atomic mass is 9.78. The van der Waals surface area contributed by atoms with Gasteiger partial charge in [0.15, 0.2) is 10.1 Å². The van der Waals surface area contributed by atoms with Crippen LogP contribution in [0.2, 0.25) is 0 Å². The Bertz CT molecular complexity index is 1500. The van der Waals surface area contributed by atoms with Crippen LogP contribution in [0.25, 0.3) is 0 Å². The van der Waals surface area contributed by atoms with Gasteiger partial charge in [-0.15, -0.1) is 10.2 Å². The predicted octanol–water partition coefficient (Wildman–Crippen LogP) is 4.61. The third kappa shape index (κ3) is 4.75. The van der Waals surface area contributed by atoms with Crippen LogP contribution in [0, 0.1) is 24.1 Å². The van der Waals surface area contributed by atoms with E-state index in [0.717, 1.165) is 11.8 Å². The van der Waals surface area contributed by atoms with Gasteiger partial charge in [0, 0.05) is 17.7 Å². The molecule has 12 heteroatoms. The van der Waals surface area contributed by atoms with Crippen LogP contribution < -0.4 is 16.0 Å². The van der Waals surface area contributed by atoms with Crippen molar-refractivity contribution in [1.29, 1.82) is 5.26 Å². The first-order valence-electron chi connectivity index (χ1n) is 11.4. The molecule has 188 valence electrons. The number of nitrogens with two attached hydrogens (primary N) is 1. The van der Waals surface area contributed by atoms with Gasteiger partial charge in [0.25, 0.3) is 0 Å². The van der Waals surface area contributed by atoms with E-state index in [0.29, 0.717) is 51.5 Å². The molecule has 9 nitrogen and oxygen atoms in total. The first-order valence-corrected chi connectivity index (χ1v) is 13.2. The molecule has 0 saturated heterocycles. The Morgan fingerprint density at radius 1 is 1.32 bits per heavy atom. The molecular formula is C25H21FN6O3S2. The van der Waals surface area contributed by atoms with Gasteiger partial charge in [-0.2, -0.15) is 5.26 Å². The number of nitrogens with zero attached hydrogens (tertiary/aromatic N) is 4. The summed E-state index contributed by atoms with van der Waals surface area (Å²) in [4.78, 5) is 27.0. The first kappa shape index (κ1) is 24.7. The van der Waals surface area contributed by atoms with E-state index < -0.39 is 17.6 Å². The summed E-state index contributed by atoms with van der Waals surface area (Å²) in [5.74, 6) is -0.331. The summed E-state index contributed by atoms with van der Waals surface area (Å²) < 4.78 is 20.1. The van der Waals surface area contributed by atoms with Crippen LogP contribution >= 0.6 is 23.1 Å². The number of thioether (sulfide) groups is 1. The van der Waals surface area contributed by atoms with Crippen LogP contribution in [0.3, 0.4) is 0 Å². The number of carbonyl (C=O) groups excluding carboxylic acids is 2. The number of para-hydroxylation sites is 1. The molecule has 0 radical (unpaired) electrons. The molecule has 1 amide bonds. The fourth-order valence-electron chi connectivity index (χ4n) is 4.43. The number of nitrogens with one attached hydrogen (secondary N) is 1. The van der Waals surface area contributed by atoms with Crippen molar-refractivity contribution in [3.63, 3.8) is 0 Å². The molecular weight excluding hydrogens is 515 g/mol. The normalized spacial score (nSPS) is 17.6. The second-order valence-corrected chi connectivity index (χ2v) is 10.6. The highest BCUT2D eigenvalue weighted by Gasteiger charge is 2.42. The number of aryl methyl sites for hydroxylation is 1. The van der Waals surface area contributed by atoms with Crippen LogP contribution in [0.15, 0.2) is 67.8 Å². The average molecular weight is 537 g/mol. The van der Waals surface area contributed by atoms with Crippen molar-refractivity contribution in [1.82, 2.24) is 10.2 Å². The number of Topliss-reactive ketones (excluding diaryl/α,β-unsaturated/α-hetero) is 1. The summed E-state index contributed by atoms with van der Waals surface area (Å²) >= 11 is 2.33. The van der Waals surface area contributed by atoms with Gasteiger partial charge in [-0.25, -0.2) is 4.39 Å². The van der Waals surface area contributed by atoms with Crippen molar-refractivity contribution in [2.45, 2.75) is 36.4 Å². The van der Waals surface area contributed by atoms with Crippen LogP contribution in [-0.2, 0) is 9.59 Å². The molecule has 2 aliphatic rings. The van der Waals surface area contributed by atoms with E-state index in [-0.39, 0.29) is 28.6 Å². The Kier molecular flexibility index (Phi) is 6.82. The summed E-state index contributed by atoms with van der Waals surface area (Å²) in [5.41, 5.74) is 7.98. The van der Waals surface area contributed by atoms with Gasteiger partial charge in [0.1, 0.15) is 23.2 Å². The lowest BCUT2D eigenvalue weighted by molar-refractivity contribution is -0.116. The van der Waals surface area contributed by atoms with Crippen molar-refractivity contribution in [2.24, 2.45) is 5.73 Å². The Hall–Kier alpha value is -3.95. The van der Waals surface area contributed by atoms with E-state index in [2.05, 4.69) is 21.6 Å². The van der Waals surface area contributed by atoms with E-state index in [4.69, 9.17) is 10.2 Å². The predicted molar refractivity (Wildman–Crippen MR) is 137 cm³/mol. The zero-order valence-electron chi connectivity index (χ0n) is 19.7. The van der Waals surface area contributed by atoms with Crippen LogP contribution in [0.5, 0.6) is 0 Å². The highest BCUT2D eigenvalue weighted by Crippen LogP contribution is 2.47. The number of anilines is 2. The van der Waals surface area contributed by atoms with Gasteiger partial charge in [0.2, 0.25) is 11.0 Å². The molecule has 1 unspecified atom stereocenters. The lowest BCUT2D eigenvalue weighted by Gasteiger charge is -2.37. The maximum absolute atomic E-state index is 13.8. The zero-order valence-corrected chi connectivity index (χ0v) is 21.3. The maximum Gasteiger partial charge on any atom is 0.234 e. The highest BCUT2D eigenvalue weighted by atomic mass is 32.2. The van der Waals surface area contributed by atoms with Crippen LogP contribution in [0.1, 0.15) is 36.7 Å². The van der Waals surface area contributed by atoms with E-state index in [1.165, 1.54) is 23.5 Å². The van der Waals surface area contributed by atoms with Crippen LogP contribution in [-0.4, -0.2) is 27.6 Å². The zero-order chi connectivity index (χ0) is 26.1. The molecule has 5 rings (SSSR count). The lowest BCUT2D eigenvalue weighted by Crippen LogP contribution is -2.38. The van der Waals surface area contributed by atoms with Gasteiger partial charge < -0.3 is 15.5 Å². The number of rotatable bonds is 6. The topological polar surface area (TPSA) is 138 Å². The number of aromatic nitrogens is 2. The molecule has 1 aliphatic carbocycles. The molecule has 1 atom stereocenters. The van der Waals surface area contributed by atoms with Crippen molar-refractivity contribution in [3.8, 4) is 6.07 Å². The minimum Gasteiger partial charge on any atom is -0.465 e. The second kappa shape index (κ2) is 10.2. The summed E-state index contributed by atoms with van der Waals surface area (Å²) in [6.07, 6.45) is 1.59. The minimum atomic E-state index is -0.679. The number of benzene rings is 1. The number of amides is 1. The second-order valence-electron chi connectivity index (χ2n) is 8.43. The summed E-state index contributed by atoms with van der Waals surface area (Å²) in [7, 11) is 0. The number of hydrogen-bond acceptors (Lipinski definition) is 10. The van der Waals surface area contributed by atoms with Crippen LogP contribution in [0.4, 0.5) is 15.2 Å². The number of ketones is 1. The summed E-state index contributed by atoms with van der Waals surface area (Å²) in [6, 6.07) is 11.6. The van der Waals surface area contributed by atoms with Crippen molar-refractivity contribution in [2.75, 3.05) is 16.0 Å². The Balaban J connectivity index is 1.42. The number of allylic oxidation sites excluding steroid dienone is 3. The first-order chi connectivity index (χ1) is 17.9. The fourth-order valence-corrected chi connectivity index (χ4v) is 6.11. The molecule has 3 heterocycles. The molecule has 1 aromatic carbocycles. The largest absolute Gasteiger partial charge is 0.465 e. The van der Waals surface area contributed by atoms with Gasteiger partial charge in [-0.1, -0.05) is 35.2 Å². The van der Waals surface area contributed by atoms with Gasteiger partial charge in [-0.3, -0.25) is 14.5 Å². The maximum atomic E-state index is 13.8. The molecule has 0 fully saturated rings. The summed E-state index contributed by atoms with van der Waals surface area (Å²) in [5, 5.41) is 21.4. The van der Waals surface area contributed by atoms with Gasteiger partial charge in [0.05, 0.1) is 29.0 Å². The molecule has 37 heavy (non-hydrogen) atoms. The molecule has 2 aromatic heterocycles. The highest BCUT2D eigenvalue weighted by molar-refractivity contribution is 8.01. The van der Waals surface area contributed by atoms with E-state index in [9.17, 15) is 19.2 Å². The molecule has 0 saturated carbocycles. The number of carbonyl (C=O) groups is 2. The van der Waals surface area contributed by atoms with Gasteiger partial charge in [-0.05, 0) is 44.0 Å². The molecule has 3 N–H and O–H groups in total. The third-order valence-electron chi connectivity index (χ3n) is 6.02. The standard InChI is InChI=1S/C25H21FN6O3S2/c1-13-9-10-19(35-13)21-14(11-27)23(28)32(17-7-4-8-18(33)22(17)21)24-30-31-25(37-24)36-12-20(34)29-16-6-3-2-5-15(16)26/h2-3,5-6,9-10,21H,4,7-8,12,28H2,1H3,(H,29,34). The SMILES string of the molecule is Cc1ccc(C2C(C#N)=C(N)N(c3nnc(SCC(=O)Nc4ccccc4F)s3)C3=C2C(=O)CCC3)o1. The number of nitriles is 1. The Morgan fingerprint density at radius 2 is 2.14 bits per heavy atom. The van der Waals surface area contributed by atoms with Gasteiger partial charge >= 0.3 is 0 Å². The third-order valence-corrected chi connectivity index (χ3v) is 8.06. The van der Waals surface area contributed by atoms with Crippen molar-refractivity contribution in [3.05, 3.63) is 76.4 Å². The molecule has 0 bridgehead atoms. The fraction of sp³-hybridized carbons (Fsp3) is 0.240. The quantitative estimate of drug-likeness (QED) is 0.432.